The third-order valence-electron chi connectivity index (χ3n) is 2.86. The maximum atomic E-state index is 11.8. The second kappa shape index (κ2) is 6.96. The molecule has 4 N–H and O–H groups in total. The van der Waals surface area contributed by atoms with Crippen LogP contribution in [0.3, 0.4) is 0 Å². The third-order valence-corrected chi connectivity index (χ3v) is 3.73. The van der Waals surface area contributed by atoms with Gasteiger partial charge in [0.15, 0.2) is 0 Å². The fourth-order valence-electron chi connectivity index (χ4n) is 1.73. The van der Waals surface area contributed by atoms with E-state index in [9.17, 15) is 9.59 Å². The minimum absolute atomic E-state index is 0.229. The summed E-state index contributed by atoms with van der Waals surface area (Å²) in [6.45, 7) is 0.786. The van der Waals surface area contributed by atoms with Crippen LogP contribution in [0.4, 0.5) is 0 Å². The van der Waals surface area contributed by atoms with E-state index in [1.54, 1.807) is 29.6 Å². The third kappa shape index (κ3) is 4.11. The largest absolute Gasteiger partial charge is 0.478 e. The summed E-state index contributed by atoms with van der Waals surface area (Å²) in [6, 6.07) is 6.58. The molecule has 0 saturated carbocycles. The van der Waals surface area contributed by atoms with Gasteiger partial charge < -0.3 is 16.2 Å². The van der Waals surface area contributed by atoms with Gasteiger partial charge in [-0.2, -0.15) is 0 Å². The van der Waals surface area contributed by atoms with Gasteiger partial charge in [0.1, 0.15) is 10.7 Å². The average Bonchev–Trinajstić information content (AvgIpc) is 2.96. The summed E-state index contributed by atoms with van der Waals surface area (Å²) in [6.07, 6.45) is 0.625. The van der Waals surface area contributed by atoms with Gasteiger partial charge in [-0.3, -0.25) is 4.79 Å². The van der Waals surface area contributed by atoms with E-state index in [4.69, 9.17) is 10.8 Å². The van der Waals surface area contributed by atoms with E-state index in [2.05, 4.69) is 10.3 Å². The van der Waals surface area contributed by atoms with Crippen molar-refractivity contribution in [2.75, 3.05) is 6.54 Å². The van der Waals surface area contributed by atoms with Crippen molar-refractivity contribution in [2.45, 2.75) is 13.0 Å². The molecular weight excluding hydrogens is 290 g/mol. The number of hydrogen-bond acceptors (Lipinski definition) is 5. The van der Waals surface area contributed by atoms with Gasteiger partial charge in [0.05, 0.1) is 5.56 Å². The molecule has 0 radical (unpaired) electrons. The molecule has 110 valence electrons. The Balaban J connectivity index is 1.83. The standard InChI is InChI=1S/C14H15N3O3S/c15-7-12-17-11(8-21-12)13(18)16-6-5-9-1-3-10(4-2-9)14(19)20/h1-4,8H,5-7,15H2,(H,16,18)(H,19,20). The fraction of sp³-hybridized carbons (Fsp3) is 0.214. The number of aromatic carboxylic acids is 1. The summed E-state index contributed by atoms with van der Waals surface area (Å²) in [5.41, 5.74) is 7.03. The van der Waals surface area contributed by atoms with Crippen LogP contribution >= 0.6 is 11.3 Å². The van der Waals surface area contributed by atoms with Gasteiger partial charge in [0.2, 0.25) is 0 Å². The fourth-order valence-corrected chi connectivity index (χ4v) is 2.39. The molecule has 0 unspecified atom stereocenters. The van der Waals surface area contributed by atoms with Crippen molar-refractivity contribution in [3.63, 3.8) is 0 Å². The maximum absolute atomic E-state index is 11.8. The lowest BCUT2D eigenvalue weighted by Gasteiger charge is -2.04. The Kier molecular flexibility index (Phi) is 5.02. The summed E-state index contributed by atoms with van der Waals surface area (Å²) in [7, 11) is 0. The van der Waals surface area contributed by atoms with Crippen molar-refractivity contribution >= 4 is 23.2 Å². The van der Waals surface area contributed by atoms with Crippen molar-refractivity contribution < 1.29 is 14.7 Å². The molecule has 21 heavy (non-hydrogen) atoms. The molecule has 0 atom stereocenters. The number of carboxylic acids is 1. The molecule has 7 heteroatoms. The van der Waals surface area contributed by atoms with Gasteiger partial charge in [0, 0.05) is 18.5 Å². The molecule has 0 bridgehead atoms. The molecule has 1 heterocycles. The number of amides is 1. The molecule has 0 aliphatic carbocycles. The van der Waals surface area contributed by atoms with Crippen molar-refractivity contribution in [3.05, 3.63) is 51.5 Å². The van der Waals surface area contributed by atoms with Crippen LogP contribution in [-0.4, -0.2) is 28.5 Å². The number of carbonyl (C=O) groups excluding carboxylic acids is 1. The van der Waals surface area contributed by atoms with Crippen molar-refractivity contribution in [1.29, 1.82) is 0 Å². The predicted octanol–water partition coefficient (Wildman–Crippen LogP) is 1.27. The van der Waals surface area contributed by atoms with Gasteiger partial charge in [-0.25, -0.2) is 9.78 Å². The van der Waals surface area contributed by atoms with E-state index >= 15 is 0 Å². The first-order valence-electron chi connectivity index (χ1n) is 6.35. The first-order valence-corrected chi connectivity index (χ1v) is 7.23. The number of hydrogen-bond donors (Lipinski definition) is 3. The van der Waals surface area contributed by atoms with Crippen LogP contribution in [0.25, 0.3) is 0 Å². The van der Waals surface area contributed by atoms with Crippen molar-refractivity contribution in [3.8, 4) is 0 Å². The first-order chi connectivity index (χ1) is 10.1. The number of carboxylic acid groups (broad SMARTS) is 1. The first kappa shape index (κ1) is 15.1. The molecule has 2 rings (SSSR count). The summed E-state index contributed by atoms with van der Waals surface area (Å²) >= 11 is 1.36. The number of rotatable bonds is 6. The van der Waals surface area contributed by atoms with E-state index in [0.717, 1.165) is 10.6 Å². The number of nitrogens with zero attached hydrogens (tertiary/aromatic N) is 1. The Labute approximate surface area is 125 Å². The Morgan fingerprint density at radius 3 is 2.57 bits per heavy atom. The number of benzene rings is 1. The lowest BCUT2D eigenvalue weighted by atomic mass is 10.1. The zero-order valence-corrected chi connectivity index (χ0v) is 12.0. The highest BCUT2D eigenvalue weighted by Gasteiger charge is 2.09. The molecule has 1 aromatic carbocycles. The molecule has 1 aromatic heterocycles. The quantitative estimate of drug-likeness (QED) is 0.745. The summed E-state index contributed by atoms with van der Waals surface area (Å²) in [5.74, 6) is -1.18. The summed E-state index contributed by atoms with van der Waals surface area (Å²) in [5, 5.41) is 14.0. The second-order valence-electron chi connectivity index (χ2n) is 4.34. The van der Waals surface area contributed by atoms with Gasteiger partial charge in [-0.15, -0.1) is 11.3 Å². The number of carbonyl (C=O) groups is 2. The molecule has 2 aromatic rings. The number of nitrogens with one attached hydrogen (secondary N) is 1. The monoisotopic (exact) mass is 305 g/mol. The number of nitrogens with two attached hydrogens (primary N) is 1. The average molecular weight is 305 g/mol. The molecule has 1 amide bonds. The lowest BCUT2D eigenvalue weighted by molar-refractivity contribution is 0.0696. The molecule has 0 aliphatic rings. The maximum Gasteiger partial charge on any atom is 0.335 e. The molecule has 6 nitrogen and oxygen atoms in total. The summed E-state index contributed by atoms with van der Waals surface area (Å²) in [4.78, 5) is 26.7. The van der Waals surface area contributed by atoms with Crippen LogP contribution in [0.1, 0.15) is 31.4 Å². The van der Waals surface area contributed by atoms with E-state index in [0.29, 0.717) is 25.2 Å². The topological polar surface area (TPSA) is 105 Å². The normalized spacial score (nSPS) is 10.3. The van der Waals surface area contributed by atoms with E-state index < -0.39 is 5.97 Å². The minimum atomic E-state index is -0.950. The Hall–Kier alpha value is -2.25. The zero-order chi connectivity index (χ0) is 15.2. The zero-order valence-electron chi connectivity index (χ0n) is 11.2. The summed E-state index contributed by atoms with van der Waals surface area (Å²) < 4.78 is 0. The van der Waals surface area contributed by atoms with Gasteiger partial charge in [-0.05, 0) is 24.1 Å². The van der Waals surface area contributed by atoms with Crippen molar-refractivity contribution in [1.82, 2.24) is 10.3 Å². The molecule has 0 fully saturated rings. The van der Waals surface area contributed by atoms with Crippen LogP contribution in [-0.2, 0) is 13.0 Å². The van der Waals surface area contributed by atoms with Crippen LogP contribution in [0.15, 0.2) is 29.6 Å². The number of thiazole rings is 1. The highest BCUT2D eigenvalue weighted by Crippen LogP contribution is 2.09. The SMILES string of the molecule is NCc1nc(C(=O)NCCc2ccc(C(=O)O)cc2)cs1. The predicted molar refractivity (Wildman–Crippen MR) is 79.4 cm³/mol. The van der Waals surface area contributed by atoms with Crippen LogP contribution in [0, 0.1) is 0 Å². The minimum Gasteiger partial charge on any atom is -0.478 e. The second-order valence-corrected chi connectivity index (χ2v) is 5.28. The van der Waals surface area contributed by atoms with Crippen LogP contribution < -0.4 is 11.1 Å². The number of aromatic nitrogens is 1. The van der Waals surface area contributed by atoms with E-state index in [1.807, 2.05) is 0 Å². The Morgan fingerprint density at radius 2 is 2.00 bits per heavy atom. The van der Waals surface area contributed by atoms with Gasteiger partial charge in [0.25, 0.3) is 5.91 Å². The van der Waals surface area contributed by atoms with Gasteiger partial charge in [-0.1, -0.05) is 12.1 Å². The Morgan fingerprint density at radius 1 is 1.29 bits per heavy atom. The highest BCUT2D eigenvalue weighted by molar-refractivity contribution is 7.09. The van der Waals surface area contributed by atoms with Gasteiger partial charge >= 0.3 is 5.97 Å². The molecule has 0 saturated heterocycles. The van der Waals surface area contributed by atoms with E-state index in [1.165, 1.54) is 11.3 Å². The Bertz CT molecular complexity index is 637. The lowest BCUT2D eigenvalue weighted by Crippen LogP contribution is -2.26. The van der Waals surface area contributed by atoms with E-state index in [-0.39, 0.29) is 11.5 Å². The smallest absolute Gasteiger partial charge is 0.335 e. The van der Waals surface area contributed by atoms with Crippen molar-refractivity contribution in [2.24, 2.45) is 5.73 Å². The molecule has 0 aliphatic heterocycles. The highest BCUT2D eigenvalue weighted by atomic mass is 32.1. The molecular formula is C14H15N3O3S. The molecule has 0 spiro atoms. The van der Waals surface area contributed by atoms with Crippen LogP contribution in [0.5, 0.6) is 0 Å². The van der Waals surface area contributed by atoms with Crippen LogP contribution in [0.2, 0.25) is 0 Å².